The van der Waals surface area contributed by atoms with Gasteiger partial charge in [-0.3, -0.25) is 4.79 Å². The zero-order chi connectivity index (χ0) is 15.5. The number of carbonyl (C=O) groups is 1. The minimum Gasteiger partial charge on any atom is -0.480 e. The summed E-state index contributed by atoms with van der Waals surface area (Å²) in [6.45, 7) is 0. The maximum atomic E-state index is 12.2. The number of nitrogens with one attached hydrogen (secondary N) is 1. The lowest BCUT2D eigenvalue weighted by Gasteiger charge is -2.17. The predicted molar refractivity (Wildman–Crippen MR) is 75.6 cm³/mol. The number of benzene rings is 1. The van der Waals surface area contributed by atoms with E-state index in [2.05, 4.69) is 4.72 Å². The maximum absolute atomic E-state index is 12.2. The fraction of sp³-hybridized carbons (Fsp3) is 0.429. The van der Waals surface area contributed by atoms with E-state index in [1.165, 1.54) is 0 Å². The SMILES string of the molecule is N#CCC1(CS(=O)(=O)N[C@H](C(=O)O)c2ccccc2)CC1. The summed E-state index contributed by atoms with van der Waals surface area (Å²) in [6.07, 6.45) is 1.55. The van der Waals surface area contributed by atoms with Crippen LogP contribution in [0.3, 0.4) is 0 Å². The summed E-state index contributed by atoms with van der Waals surface area (Å²) in [6, 6.07) is 8.83. The molecule has 6 nitrogen and oxygen atoms in total. The van der Waals surface area contributed by atoms with Crippen LogP contribution in [0.4, 0.5) is 0 Å². The van der Waals surface area contributed by atoms with Gasteiger partial charge in [-0.25, -0.2) is 8.42 Å². The molecule has 0 spiro atoms. The van der Waals surface area contributed by atoms with Crippen molar-refractivity contribution < 1.29 is 18.3 Å². The molecule has 1 aliphatic carbocycles. The molecule has 2 N–H and O–H groups in total. The predicted octanol–water partition coefficient (Wildman–Crippen LogP) is 1.43. The Kier molecular flexibility index (Phi) is 4.30. The molecule has 0 unspecified atom stereocenters. The normalized spacial score (nSPS) is 17.7. The summed E-state index contributed by atoms with van der Waals surface area (Å²) in [7, 11) is -3.77. The van der Waals surface area contributed by atoms with Gasteiger partial charge in [0.05, 0.1) is 11.8 Å². The van der Waals surface area contributed by atoms with Gasteiger partial charge in [-0.15, -0.1) is 0 Å². The van der Waals surface area contributed by atoms with Gasteiger partial charge < -0.3 is 5.11 Å². The summed E-state index contributed by atoms with van der Waals surface area (Å²) in [4.78, 5) is 11.3. The van der Waals surface area contributed by atoms with Crippen LogP contribution in [-0.4, -0.2) is 25.2 Å². The Morgan fingerprint density at radius 2 is 2.00 bits per heavy atom. The highest BCUT2D eigenvalue weighted by atomic mass is 32.2. The summed E-state index contributed by atoms with van der Waals surface area (Å²) in [5.41, 5.74) is -0.126. The molecule has 112 valence electrons. The number of carboxylic acid groups (broad SMARTS) is 1. The number of hydrogen-bond donors (Lipinski definition) is 2. The first-order valence-corrected chi connectivity index (χ1v) is 8.17. The van der Waals surface area contributed by atoms with Crippen molar-refractivity contribution >= 4 is 16.0 Å². The van der Waals surface area contributed by atoms with Crippen molar-refractivity contribution in [2.24, 2.45) is 5.41 Å². The molecule has 1 fully saturated rings. The first kappa shape index (κ1) is 15.5. The highest BCUT2D eigenvalue weighted by Crippen LogP contribution is 2.49. The first-order chi connectivity index (χ1) is 9.87. The average Bonchev–Trinajstić information content (AvgIpc) is 3.16. The van der Waals surface area contributed by atoms with Crippen molar-refractivity contribution in [3.63, 3.8) is 0 Å². The largest absolute Gasteiger partial charge is 0.480 e. The van der Waals surface area contributed by atoms with Crippen molar-refractivity contribution in [3.8, 4) is 6.07 Å². The van der Waals surface area contributed by atoms with Gasteiger partial charge >= 0.3 is 5.97 Å². The molecular weight excluding hydrogens is 292 g/mol. The second-order valence-corrected chi connectivity index (χ2v) is 7.15. The lowest BCUT2D eigenvalue weighted by molar-refractivity contribution is -0.139. The van der Waals surface area contributed by atoms with Gasteiger partial charge in [0.1, 0.15) is 6.04 Å². The van der Waals surface area contributed by atoms with Crippen LogP contribution in [0, 0.1) is 16.7 Å². The number of carboxylic acids is 1. The van der Waals surface area contributed by atoms with E-state index in [-0.39, 0.29) is 12.2 Å². The van der Waals surface area contributed by atoms with Crippen molar-refractivity contribution in [3.05, 3.63) is 35.9 Å². The van der Waals surface area contributed by atoms with Crippen LogP contribution in [0.1, 0.15) is 30.9 Å². The number of hydrogen-bond acceptors (Lipinski definition) is 4. The Hall–Kier alpha value is -1.91. The summed E-state index contributed by atoms with van der Waals surface area (Å²) in [5, 5.41) is 18.0. The van der Waals surface area contributed by atoms with Crippen LogP contribution >= 0.6 is 0 Å². The van der Waals surface area contributed by atoms with Crippen LogP contribution in [0.25, 0.3) is 0 Å². The molecule has 21 heavy (non-hydrogen) atoms. The molecule has 1 saturated carbocycles. The number of nitriles is 1. The maximum Gasteiger partial charge on any atom is 0.326 e. The molecular formula is C14H16N2O4S. The molecule has 2 rings (SSSR count). The first-order valence-electron chi connectivity index (χ1n) is 6.52. The quantitative estimate of drug-likeness (QED) is 0.792. The molecule has 0 saturated heterocycles. The van der Waals surface area contributed by atoms with Gasteiger partial charge in [0.2, 0.25) is 10.0 Å². The second-order valence-electron chi connectivity index (χ2n) is 5.39. The van der Waals surface area contributed by atoms with Crippen LogP contribution in [-0.2, 0) is 14.8 Å². The average molecular weight is 308 g/mol. The van der Waals surface area contributed by atoms with Crippen LogP contribution in [0.15, 0.2) is 30.3 Å². The standard InChI is InChI=1S/C14H16N2O4S/c15-9-8-14(6-7-14)10-21(19,20)16-12(13(17)18)11-4-2-1-3-5-11/h1-5,12,16H,6-8,10H2,(H,17,18)/t12-/m0/s1. The molecule has 0 radical (unpaired) electrons. The third kappa shape index (κ3) is 4.03. The molecule has 1 atom stereocenters. The van der Waals surface area contributed by atoms with E-state index >= 15 is 0 Å². The number of rotatable bonds is 7. The van der Waals surface area contributed by atoms with E-state index < -0.39 is 27.4 Å². The lowest BCUT2D eigenvalue weighted by Crippen LogP contribution is -2.37. The molecule has 0 aliphatic heterocycles. The zero-order valence-electron chi connectivity index (χ0n) is 11.3. The molecule has 1 aromatic rings. The van der Waals surface area contributed by atoms with Gasteiger partial charge in [0.15, 0.2) is 0 Å². The number of sulfonamides is 1. The van der Waals surface area contributed by atoms with Gasteiger partial charge in [-0.1, -0.05) is 30.3 Å². The molecule has 0 aromatic heterocycles. The molecule has 1 aliphatic rings. The highest BCUT2D eigenvalue weighted by molar-refractivity contribution is 7.89. The molecule has 1 aromatic carbocycles. The number of nitrogens with zero attached hydrogens (tertiary/aromatic N) is 1. The Morgan fingerprint density at radius 3 is 2.48 bits per heavy atom. The van der Waals surface area contributed by atoms with Crippen molar-refractivity contribution in [1.29, 1.82) is 5.26 Å². The molecule has 0 bridgehead atoms. The summed E-state index contributed by atoms with van der Waals surface area (Å²) < 4.78 is 26.6. The van der Waals surface area contributed by atoms with Crippen molar-refractivity contribution in [1.82, 2.24) is 4.72 Å². The summed E-state index contributed by atoms with van der Waals surface area (Å²) >= 11 is 0. The number of aliphatic carboxylic acids is 1. The van der Waals surface area contributed by atoms with E-state index in [9.17, 15) is 18.3 Å². The topological polar surface area (TPSA) is 107 Å². The smallest absolute Gasteiger partial charge is 0.326 e. The Labute approximate surface area is 123 Å². The lowest BCUT2D eigenvalue weighted by atomic mass is 10.1. The molecule has 7 heteroatoms. The Morgan fingerprint density at radius 1 is 1.38 bits per heavy atom. The monoisotopic (exact) mass is 308 g/mol. The van der Waals surface area contributed by atoms with E-state index in [1.807, 2.05) is 6.07 Å². The van der Waals surface area contributed by atoms with Gasteiger partial charge in [-0.05, 0) is 23.8 Å². The van der Waals surface area contributed by atoms with E-state index in [4.69, 9.17) is 5.26 Å². The van der Waals surface area contributed by atoms with Crippen LogP contribution in [0.2, 0.25) is 0 Å². The van der Waals surface area contributed by atoms with Gasteiger partial charge in [0, 0.05) is 6.42 Å². The highest BCUT2D eigenvalue weighted by Gasteiger charge is 2.46. The van der Waals surface area contributed by atoms with Crippen LogP contribution in [0.5, 0.6) is 0 Å². The fourth-order valence-electron chi connectivity index (χ4n) is 2.25. The van der Waals surface area contributed by atoms with E-state index in [0.717, 1.165) is 0 Å². The van der Waals surface area contributed by atoms with Crippen molar-refractivity contribution in [2.45, 2.75) is 25.3 Å². The van der Waals surface area contributed by atoms with Gasteiger partial charge in [-0.2, -0.15) is 9.98 Å². The van der Waals surface area contributed by atoms with Crippen molar-refractivity contribution in [2.75, 3.05) is 5.75 Å². The minimum atomic E-state index is -3.77. The zero-order valence-corrected chi connectivity index (χ0v) is 12.1. The fourth-order valence-corrected chi connectivity index (χ4v) is 4.12. The molecule has 0 amide bonds. The second kappa shape index (κ2) is 5.84. The molecule has 0 heterocycles. The third-order valence-corrected chi connectivity index (χ3v) is 5.17. The van der Waals surface area contributed by atoms with E-state index in [1.54, 1.807) is 30.3 Å². The minimum absolute atomic E-state index is 0.178. The Bertz CT molecular complexity index is 660. The third-order valence-electron chi connectivity index (χ3n) is 3.58. The summed E-state index contributed by atoms with van der Waals surface area (Å²) in [5.74, 6) is -1.46. The van der Waals surface area contributed by atoms with Gasteiger partial charge in [0.25, 0.3) is 0 Å². The Balaban J connectivity index is 2.14. The van der Waals surface area contributed by atoms with E-state index in [0.29, 0.717) is 18.4 Å². The van der Waals surface area contributed by atoms with Crippen LogP contribution < -0.4 is 4.72 Å².